The molecule has 9 heteroatoms. The van der Waals surface area contributed by atoms with Crippen molar-refractivity contribution in [1.82, 2.24) is 14.0 Å². The average Bonchev–Trinajstić information content (AvgIpc) is 3.32. The molecule has 2 aliphatic carbocycles. The molecule has 2 bridgehead atoms. The van der Waals surface area contributed by atoms with Crippen molar-refractivity contribution >= 4 is 17.2 Å². The standard InChI is InChI=1S/C26H29FN4O4/c1-16(2)35-20-10-22-29-21(25-7-8-26(13-25,14-27)34-15-25)12-30(22)11-18(20)23(32)28-19-4-3-9-31(24(19)33)17-5-6-17/h3-4,9-12,16-17H,5-8,13-15H2,1-2H3,(H,28,32)/t25-,26-/m0/s1. The molecular formula is C26H29FN4O4. The van der Waals surface area contributed by atoms with Crippen molar-refractivity contribution in [2.75, 3.05) is 18.6 Å². The Morgan fingerprint density at radius 3 is 2.83 bits per heavy atom. The molecule has 184 valence electrons. The second kappa shape index (κ2) is 7.91. The maximum absolute atomic E-state index is 13.6. The quantitative estimate of drug-likeness (QED) is 0.552. The number of alkyl halides is 1. The summed E-state index contributed by atoms with van der Waals surface area (Å²) < 4.78 is 28.9. The SMILES string of the molecule is CC(C)Oc1cc2nc([C@@]34CC[C@@](CF)(C3)OC4)cn2cc1C(=O)Nc1cccn(C2CC2)c1=O. The van der Waals surface area contributed by atoms with E-state index in [1.54, 1.807) is 39.6 Å². The maximum atomic E-state index is 13.6. The van der Waals surface area contributed by atoms with Gasteiger partial charge < -0.3 is 23.8 Å². The number of imidazole rings is 1. The van der Waals surface area contributed by atoms with Crippen LogP contribution < -0.4 is 15.6 Å². The summed E-state index contributed by atoms with van der Waals surface area (Å²) in [7, 11) is 0. The number of rotatable bonds is 7. The van der Waals surface area contributed by atoms with E-state index in [9.17, 15) is 14.0 Å². The molecule has 1 N–H and O–H groups in total. The molecule has 0 aromatic carbocycles. The summed E-state index contributed by atoms with van der Waals surface area (Å²) in [5.74, 6) is -0.0339. The van der Waals surface area contributed by atoms with Crippen molar-refractivity contribution in [2.24, 2.45) is 0 Å². The number of hydrogen-bond acceptors (Lipinski definition) is 5. The van der Waals surface area contributed by atoms with Gasteiger partial charge in [-0.3, -0.25) is 9.59 Å². The fourth-order valence-corrected chi connectivity index (χ4v) is 5.47. The largest absolute Gasteiger partial charge is 0.490 e. The number of fused-ring (bicyclic) bond motifs is 3. The third kappa shape index (κ3) is 3.73. The summed E-state index contributed by atoms with van der Waals surface area (Å²) in [5.41, 5.74) is 0.824. The highest BCUT2D eigenvalue weighted by atomic mass is 19.1. The minimum atomic E-state index is -0.685. The van der Waals surface area contributed by atoms with Crippen LogP contribution >= 0.6 is 0 Å². The second-order valence-corrected chi connectivity index (χ2v) is 10.5. The monoisotopic (exact) mass is 480 g/mol. The number of amides is 1. The lowest BCUT2D eigenvalue weighted by atomic mass is 9.84. The fraction of sp³-hybridized carbons (Fsp3) is 0.500. The summed E-state index contributed by atoms with van der Waals surface area (Å²) in [4.78, 5) is 31.0. The Morgan fingerprint density at radius 1 is 1.34 bits per heavy atom. The van der Waals surface area contributed by atoms with E-state index in [2.05, 4.69) is 5.32 Å². The smallest absolute Gasteiger partial charge is 0.274 e. The first kappa shape index (κ1) is 22.3. The lowest BCUT2D eigenvalue weighted by Gasteiger charge is -2.25. The lowest BCUT2D eigenvalue weighted by molar-refractivity contribution is -0.0356. The van der Waals surface area contributed by atoms with Crippen molar-refractivity contribution in [1.29, 1.82) is 0 Å². The Labute approximate surface area is 202 Å². The van der Waals surface area contributed by atoms with Crippen LogP contribution in [0.2, 0.25) is 0 Å². The number of anilines is 1. The zero-order chi connectivity index (χ0) is 24.4. The van der Waals surface area contributed by atoms with Gasteiger partial charge in [0.1, 0.15) is 23.8 Å². The van der Waals surface area contributed by atoms with Crippen LogP contribution in [0, 0.1) is 0 Å². The third-order valence-corrected chi connectivity index (χ3v) is 7.49. The van der Waals surface area contributed by atoms with Gasteiger partial charge in [-0.2, -0.15) is 0 Å². The number of pyridine rings is 2. The zero-order valence-corrected chi connectivity index (χ0v) is 19.9. The van der Waals surface area contributed by atoms with Crippen molar-refractivity contribution < 1.29 is 18.7 Å². The molecule has 8 nitrogen and oxygen atoms in total. The van der Waals surface area contributed by atoms with E-state index in [1.165, 1.54) is 0 Å². The van der Waals surface area contributed by atoms with E-state index >= 15 is 0 Å². The fourth-order valence-electron chi connectivity index (χ4n) is 5.47. The number of ether oxygens (including phenoxy) is 2. The van der Waals surface area contributed by atoms with Crippen LogP contribution in [-0.2, 0) is 10.2 Å². The molecule has 3 aromatic rings. The van der Waals surface area contributed by atoms with Gasteiger partial charge >= 0.3 is 0 Å². The van der Waals surface area contributed by atoms with Crippen LogP contribution in [-0.4, -0.2) is 44.8 Å². The first-order chi connectivity index (χ1) is 16.8. The predicted molar refractivity (Wildman–Crippen MR) is 128 cm³/mol. The normalized spacial score (nSPS) is 25.5. The van der Waals surface area contributed by atoms with Crippen LogP contribution in [0.15, 0.2) is 41.6 Å². The zero-order valence-electron chi connectivity index (χ0n) is 19.9. The van der Waals surface area contributed by atoms with Crippen LogP contribution in [0.3, 0.4) is 0 Å². The minimum Gasteiger partial charge on any atom is -0.490 e. The summed E-state index contributed by atoms with van der Waals surface area (Å²) in [6.07, 6.45) is 9.25. The minimum absolute atomic E-state index is 0.163. The Morgan fingerprint density at radius 2 is 2.17 bits per heavy atom. The first-order valence-electron chi connectivity index (χ1n) is 12.2. The van der Waals surface area contributed by atoms with E-state index in [-0.39, 0.29) is 28.8 Å². The molecular weight excluding hydrogens is 451 g/mol. The molecule has 4 heterocycles. The Balaban J connectivity index is 1.36. The lowest BCUT2D eigenvalue weighted by Crippen LogP contribution is -2.29. The predicted octanol–water partition coefficient (Wildman–Crippen LogP) is 4.03. The Kier molecular flexibility index (Phi) is 5.03. The molecule has 1 amide bonds. The topological polar surface area (TPSA) is 86.9 Å². The van der Waals surface area contributed by atoms with Crippen LogP contribution in [0.25, 0.3) is 5.65 Å². The molecule has 1 saturated heterocycles. The number of nitrogens with one attached hydrogen (secondary N) is 1. The van der Waals surface area contributed by atoms with Gasteiger partial charge in [-0.1, -0.05) is 0 Å². The molecule has 3 aliphatic rings. The van der Waals surface area contributed by atoms with Crippen molar-refractivity contribution in [3.63, 3.8) is 0 Å². The van der Waals surface area contributed by atoms with Gasteiger partial charge in [-0.15, -0.1) is 0 Å². The van der Waals surface area contributed by atoms with Gasteiger partial charge in [0.25, 0.3) is 11.5 Å². The molecule has 0 radical (unpaired) electrons. The number of carbonyl (C=O) groups excluding carboxylic acids is 1. The third-order valence-electron chi connectivity index (χ3n) is 7.49. The van der Waals surface area contributed by atoms with E-state index in [0.717, 1.165) is 25.0 Å². The van der Waals surface area contributed by atoms with Gasteiger partial charge in [-0.25, -0.2) is 9.37 Å². The van der Waals surface area contributed by atoms with E-state index in [4.69, 9.17) is 14.5 Å². The number of halogens is 1. The first-order valence-corrected chi connectivity index (χ1v) is 12.2. The molecule has 2 saturated carbocycles. The van der Waals surface area contributed by atoms with Crippen LogP contribution in [0.1, 0.15) is 68.0 Å². The van der Waals surface area contributed by atoms with Gasteiger partial charge in [0, 0.05) is 36.1 Å². The molecule has 6 rings (SSSR count). The summed E-state index contributed by atoms with van der Waals surface area (Å²) >= 11 is 0. The summed E-state index contributed by atoms with van der Waals surface area (Å²) in [6.45, 7) is 3.74. The van der Waals surface area contributed by atoms with E-state index < -0.39 is 18.2 Å². The summed E-state index contributed by atoms with van der Waals surface area (Å²) in [5, 5.41) is 2.78. The highest BCUT2D eigenvalue weighted by Crippen LogP contribution is 2.54. The van der Waals surface area contributed by atoms with Gasteiger partial charge in [0.2, 0.25) is 0 Å². The number of aromatic nitrogens is 3. The second-order valence-electron chi connectivity index (χ2n) is 10.5. The highest BCUT2D eigenvalue weighted by Gasteiger charge is 2.57. The highest BCUT2D eigenvalue weighted by molar-refractivity contribution is 6.06. The van der Waals surface area contributed by atoms with Crippen molar-refractivity contribution in [3.05, 3.63) is 58.4 Å². The van der Waals surface area contributed by atoms with Crippen molar-refractivity contribution in [2.45, 2.75) is 69.1 Å². The van der Waals surface area contributed by atoms with Crippen LogP contribution in [0.5, 0.6) is 5.75 Å². The number of hydrogen-bond donors (Lipinski definition) is 1. The average molecular weight is 481 g/mol. The number of nitrogens with zero attached hydrogens (tertiary/aromatic N) is 3. The van der Waals surface area contributed by atoms with Crippen molar-refractivity contribution in [3.8, 4) is 5.75 Å². The Hall–Kier alpha value is -3.20. The molecule has 2 atom stereocenters. The van der Waals surface area contributed by atoms with Gasteiger partial charge in [0.15, 0.2) is 0 Å². The molecule has 3 aromatic heterocycles. The molecule has 0 unspecified atom stereocenters. The Bertz CT molecular complexity index is 1370. The molecule has 3 fully saturated rings. The van der Waals surface area contributed by atoms with E-state index in [1.807, 2.05) is 20.0 Å². The molecule has 1 aliphatic heterocycles. The van der Waals surface area contributed by atoms with E-state index in [0.29, 0.717) is 36.4 Å². The maximum Gasteiger partial charge on any atom is 0.274 e. The number of carbonyl (C=O) groups is 1. The molecule has 0 spiro atoms. The van der Waals surface area contributed by atoms with Crippen LogP contribution in [0.4, 0.5) is 10.1 Å². The summed E-state index contributed by atoms with van der Waals surface area (Å²) in [6, 6.07) is 5.35. The van der Waals surface area contributed by atoms with Gasteiger partial charge in [0.05, 0.1) is 29.6 Å². The molecule has 35 heavy (non-hydrogen) atoms. The van der Waals surface area contributed by atoms with Gasteiger partial charge in [-0.05, 0) is 58.1 Å².